The van der Waals surface area contributed by atoms with E-state index in [0.29, 0.717) is 81.4 Å². The Balaban J connectivity index is 0.629. The molecule has 2 saturated carbocycles. The Labute approximate surface area is 818 Å². The van der Waals surface area contributed by atoms with E-state index in [4.69, 9.17) is 44.6 Å². The van der Waals surface area contributed by atoms with Crippen LogP contribution in [0, 0.1) is 46.3 Å². The molecule has 3 heterocycles. The van der Waals surface area contributed by atoms with Gasteiger partial charge in [-0.2, -0.15) is 0 Å². The molecule has 4 fully saturated rings. The van der Waals surface area contributed by atoms with Gasteiger partial charge in [-0.3, -0.25) is 48.5 Å². The fourth-order valence-corrected chi connectivity index (χ4v) is 22.2. The van der Waals surface area contributed by atoms with Gasteiger partial charge in [-0.25, -0.2) is 4.79 Å². The number of phenolic OH excluding ortho intramolecular Hbond substituents is 1. The molecule has 0 spiro atoms. The predicted octanol–water partition coefficient (Wildman–Crippen LogP) is 3.85. The van der Waals surface area contributed by atoms with E-state index in [2.05, 4.69) is 73.5 Å². The van der Waals surface area contributed by atoms with Crippen LogP contribution in [0.5, 0.6) is 5.75 Å². The van der Waals surface area contributed by atoms with Crippen molar-refractivity contribution in [2.45, 2.75) is 286 Å². The number of fused-ring (bicyclic) bond motifs is 8. The third-order valence-electron chi connectivity index (χ3n) is 30.0. The van der Waals surface area contributed by atoms with E-state index in [-0.39, 0.29) is 176 Å². The van der Waals surface area contributed by atoms with Crippen molar-refractivity contribution in [3.05, 3.63) is 135 Å². The van der Waals surface area contributed by atoms with Gasteiger partial charge in [0, 0.05) is 67.3 Å². The van der Waals surface area contributed by atoms with Gasteiger partial charge in [0.2, 0.25) is 53.2 Å². The number of imide groups is 1. The lowest BCUT2D eigenvalue weighted by Crippen LogP contribution is -2.68. The number of hydrogen-bond donors (Lipinski definition) is 19. The summed E-state index contributed by atoms with van der Waals surface area (Å²) in [5.41, 5.74) is 17.9. The average Bonchev–Trinajstić information content (AvgIpc) is 0.717. The van der Waals surface area contributed by atoms with Gasteiger partial charge in [-0.05, 0) is 202 Å². The number of anilines is 2. The van der Waals surface area contributed by atoms with Crippen LogP contribution < -0.4 is 64.2 Å². The van der Waals surface area contributed by atoms with E-state index < -0.39 is 163 Å². The summed E-state index contributed by atoms with van der Waals surface area (Å²) in [4.78, 5) is 142. The maximum atomic E-state index is 15.1. The van der Waals surface area contributed by atoms with E-state index in [0.717, 1.165) is 71.9 Å². The number of benzene rings is 4. The Morgan fingerprint density at radius 3 is 1.80 bits per heavy atom. The first-order valence-corrected chi connectivity index (χ1v) is 49.8. The van der Waals surface area contributed by atoms with Crippen molar-refractivity contribution >= 4 is 70.6 Å². The van der Waals surface area contributed by atoms with Gasteiger partial charge in [-0.1, -0.05) is 122 Å². The number of phenols is 1. The number of carbonyl (C=O) groups is 10. The number of para-hydroxylation sites is 1. The van der Waals surface area contributed by atoms with Crippen molar-refractivity contribution in [3.8, 4) is 17.6 Å². The minimum absolute atomic E-state index is 0.00258. The molecule has 5 aliphatic carbocycles. The molecule has 37 heteroatoms. The Hall–Kier alpha value is -10.3. The number of carbonyl (C=O) groups excluding carboxylic acids is 10. The molecule has 768 valence electrons. The van der Waals surface area contributed by atoms with Gasteiger partial charge in [0.1, 0.15) is 61.0 Å². The first-order chi connectivity index (χ1) is 67.1. The monoisotopic (exact) mass is 1950 g/mol. The summed E-state index contributed by atoms with van der Waals surface area (Å²) < 4.78 is 40.6. The normalized spacial score (nSPS) is 27.5. The minimum Gasteiger partial charge on any atom is -0.508 e. The molecule has 37 nitrogen and oxygen atoms in total. The van der Waals surface area contributed by atoms with Crippen molar-refractivity contribution in [1.82, 2.24) is 42.5 Å². The van der Waals surface area contributed by atoms with Crippen LogP contribution in [0.15, 0.2) is 96.3 Å². The van der Waals surface area contributed by atoms with Crippen LogP contribution in [0.3, 0.4) is 0 Å². The molecule has 4 aromatic carbocycles. The minimum atomic E-state index is -1.80. The fraction of sp³-hybridized carbons (Fsp3) is 0.631. The zero-order valence-electron chi connectivity index (χ0n) is 81.4. The van der Waals surface area contributed by atoms with Gasteiger partial charge in [0.25, 0.3) is 0 Å². The smallest absolute Gasteiger partial charge is 0.312 e. The number of nitrogens with two attached hydrogens (primary N) is 2. The molecule has 11 amide bonds. The standard InChI is InChI=1S/C103H146N12O25/c1-61(2)86(95(130)111-73(24-16-45-108-99(105)133)93(128)109-67-33-29-63-31-35-78-100(3,69(63)55-67)40-17-42-102(78,5)97(131)114-98(132)103(6)43-18-41-101(4)70-56-68(118)34-30-64(70)32-36-79(101)103)113-94(129)72(23-14-15-44-106-82(121)60-138-75-26-9-7-8-22-71(85(75)104)112-96-91(127)88(124)84(76(58-116)140-96)92-90(126)89(125)87(123)77(59-117)139-92)110-81(120)39-47-134-49-51-136-53-54-137-52-50-135-48-46-107-80(119)37-38-83(122)115-57-66-21-11-10-19-62(66)27-28-65-20-12-13-25-74(65)115/h10-13,19-21,25,29-30,33-34,55-56,61,72-73,75-79,84,86-92,96,112,116-118,123-127H,7-9,14-18,22-24,26,31-32,35-54,57-60,104H2,1-6H3,(H,106,121)(H,107,119)(H,109,128)(H,110,120)(H,111,130)(H,113,129)(H3,105,108,133)(H,114,131,132)/t72-,73+,75?,76-,77-,78?,79-,84?,86+,87-,88+,89+,90-,91-,92-,96+,100-,101-,102+,103+/m1/s1. The molecule has 0 aromatic heterocycles. The third kappa shape index (κ3) is 27.0. The zero-order valence-corrected chi connectivity index (χ0v) is 81.4. The van der Waals surface area contributed by atoms with Crippen LogP contribution in [0.2, 0.25) is 0 Å². The highest BCUT2D eigenvalue weighted by molar-refractivity contribution is 6.02. The van der Waals surface area contributed by atoms with Gasteiger partial charge in [0.05, 0.1) is 119 Å². The number of rotatable bonds is 45. The third-order valence-corrected chi connectivity index (χ3v) is 30.0. The van der Waals surface area contributed by atoms with Crippen molar-refractivity contribution in [1.29, 1.82) is 0 Å². The summed E-state index contributed by atoms with van der Waals surface area (Å²) in [5.74, 6) is 0.187. The number of allylic oxidation sites excluding steroid dienone is 1. The molecule has 2 saturated heterocycles. The molecule has 20 atom stereocenters. The first kappa shape index (κ1) is 109. The Kier molecular flexibility index (Phi) is 39.2. The van der Waals surface area contributed by atoms with Gasteiger partial charge < -0.3 is 133 Å². The molecule has 140 heavy (non-hydrogen) atoms. The summed E-state index contributed by atoms with van der Waals surface area (Å²) in [6, 6.07) is 21.8. The van der Waals surface area contributed by atoms with E-state index in [1.165, 1.54) is 5.56 Å². The molecular formula is C103H146N12O25. The molecule has 12 rings (SSSR count). The lowest BCUT2D eigenvalue weighted by Gasteiger charge is -2.56. The highest BCUT2D eigenvalue weighted by Gasteiger charge is 2.60. The number of nitrogens with zero attached hydrogens (tertiary/aromatic N) is 1. The van der Waals surface area contributed by atoms with Crippen LogP contribution in [-0.2, 0) is 107 Å². The summed E-state index contributed by atoms with van der Waals surface area (Å²) in [6.07, 6.45) is -4.68. The Bertz CT molecular complexity index is 5050. The number of nitrogens with one attached hydrogen (secondary N) is 9. The van der Waals surface area contributed by atoms with E-state index in [9.17, 15) is 84.0 Å². The van der Waals surface area contributed by atoms with E-state index >= 15 is 4.79 Å². The number of hydrogen-bond acceptors (Lipinski definition) is 27. The number of urea groups is 1. The van der Waals surface area contributed by atoms with E-state index in [1.807, 2.05) is 86.6 Å². The first-order valence-electron chi connectivity index (χ1n) is 49.8. The number of ether oxygens (including phenoxy) is 7. The SMILES string of the molecule is CC(C)[C@H](NC(=O)[C@@H](CCCCNC(=O)COC1CCCCCC(N[C@H]2O[C@H](CO)C([C@H]3O[C@H](CO)[C@@H](O)[C@H](O)[C@H]3O)[C@H](O)[C@H]2O)=C1N)NC(=O)CCOCCOCCOCCOCCNC(=O)CCC(=O)N1Cc2ccccc2C#Cc2ccccc21)C(=O)N[C@@H](CCCNC(N)=O)C(=O)Nc1ccc2c(c1)[C@@]1(C)CCC[C@](C)(C(=O)NC(=O)[C@@]3(C)CCC[C@]4(C)c5cc(O)ccc5CC[C@@H]34)C1CC2. The number of aliphatic hydroxyl groups is 7. The zero-order chi connectivity index (χ0) is 101. The highest BCUT2D eigenvalue weighted by atomic mass is 16.6. The maximum absolute atomic E-state index is 15.1. The maximum Gasteiger partial charge on any atom is 0.312 e. The second-order valence-electron chi connectivity index (χ2n) is 39.8. The van der Waals surface area contributed by atoms with Gasteiger partial charge in [0.15, 0.2) is 6.23 Å². The van der Waals surface area contributed by atoms with Crippen molar-refractivity contribution < 1.29 is 122 Å². The molecule has 3 aliphatic heterocycles. The topological polar surface area (TPSA) is 561 Å². The second kappa shape index (κ2) is 50.6. The molecular weight excluding hydrogens is 1810 g/mol. The number of aliphatic hydroxyl groups excluding tert-OH is 7. The number of aryl methyl sites for hydroxylation is 2. The van der Waals surface area contributed by atoms with E-state index in [1.54, 1.807) is 30.9 Å². The van der Waals surface area contributed by atoms with Crippen molar-refractivity contribution in [2.75, 3.05) is 103 Å². The van der Waals surface area contributed by atoms with Crippen LogP contribution in [0.25, 0.3) is 0 Å². The molecule has 8 aliphatic rings. The predicted molar refractivity (Wildman–Crippen MR) is 515 cm³/mol. The van der Waals surface area contributed by atoms with Crippen LogP contribution in [0.1, 0.15) is 215 Å². The molecule has 4 aromatic rings. The van der Waals surface area contributed by atoms with Crippen molar-refractivity contribution in [3.63, 3.8) is 0 Å². The summed E-state index contributed by atoms with van der Waals surface area (Å²) >= 11 is 0. The second-order valence-corrected chi connectivity index (χ2v) is 39.8. The molecule has 3 unspecified atom stereocenters. The highest BCUT2D eigenvalue weighted by Crippen LogP contribution is 2.60. The number of primary amides is 1. The Morgan fingerprint density at radius 1 is 0.536 bits per heavy atom. The molecule has 21 N–H and O–H groups in total. The fourth-order valence-electron chi connectivity index (χ4n) is 22.2. The van der Waals surface area contributed by atoms with Gasteiger partial charge >= 0.3 is 6.03 Å². The number of unbranched alkanes of at least 4 members (excludes halogenated alkanes) is 1. The quantitative estimate of drug-likeness (QED) is 0.0170. The van der Waals surface area contributed by atoms with Crippen LogP contribution in [-0.4, -0.2) is 272 Å². The molecule has 0 bridgehead atoms. The summed E-state index contributed by atoms with van der Waals surface area (Å²) in [7, 11) is 0. The largest absolute Gasteiger partial charge is 0.508 e. The number of amides is 11. The Morgan fingerprint density at radius 2 is 1.14 bits per heavy atom. The summed E-state index contributed by atoms with van der Waals surface area (Å²) in [5, 5.41) is 112. The van der Waals surface area contributed by atoms with Crippen LogP contribution in [0.4, 0.5) is 16.2 Å². The lowest BCUT2D eigenvalue weighted by molar-refractivity contribution is -0.290. The van der Waals surface area contributed by atoms with Gasteiger partial charge in [-0.15, -0.1) is 0 Å². The molecule has 0 radical (unpaired) electrons. The number of aromatic hydroxyl groups is 1. The van der Waals surface area contributed by atoms with Crippen LogP contribution >= 0.6 is 0 Å². The lowest BCUT2D eigenvalue weighted by atomic mass is 9.49. The summed E-state index contributed by atoms with van der Waals surface area (Å²) in [6.45, 7) is 11.9. The average molecular weight is 1950 g/mol. The van der Waals surface area contributed by atoms with Crippen molar-refractivity contribution in [2.24, 2.45) is 46.0 Å².